The molecule has 3 aromatic rings. The van der Waals surface area contributed by atoms with Crippen LogP contribution in [-0.2, 0) is 4.79 Å². The zero-order chi connectivity index (χ0) is 19.9. The first kappa shape index (κ1) is 20.5. The molecule has 0 aliphatic heterocycles. The fourth-order valence-corrected chi connectivity index (χ4v) is 3.54. The Bertz CT molecular complexity index is 948. The molecule has 1 N–H and O–H groups in total. The zero-order valence-electron chi connectivity index (χ0n) is 14.9. The van der Waals surface area contributed by atoms with Gasteiger partial charge in [0.25, 0.3) is 5.89 Å². The Morgan fingerprint density at radius 2 is 1.96 bits per heavy atom. The number of amides is 1. The Morgan fingerprint density at radius 3 is 2.71 bits per heavy atom. The van der Waals surface area contributed by atoms with Crippen molar-refractivity contribution in [1.29, 1.82) is 0 Å². The maximum absolute atomic E-state index is 12.1. The van der Waals surface area contributed by atoms with E-state index in [0.29, 0.717) is 28.5 Å². The van der Waals surface area contributed by atoms with E-state index in [-0.39, 0.29) is 17.8 Å². The Labute approximate surface area is 176 Å². The van der Waals surface area contributed by atoms with Crippen molar-refractivity contribution in [3.05, 3.63) is 52.5 Å². The van der Waals surface area contributed by atoms with Crippen LogP contribution in [0.5, 0.6) is 5.75 Å². The van der Waals surface area contributed by atoms with Crippen molar-refractivity contribution in [3.63, 3.8) is 0 Å². The van der Waals surface area contributed by atoms with Crippen LogP contribution in [0.25, 0.3) is 11.5 Å². The number of aromatic nitrogens is 2. The summed E-state index contributed by atoms with van der Waals surface area (Å²) in [7, 11) is 1.64. The molecule has 1 heterocycles. The molecule has 6 nitrogen and oxygen atoms in total. The van der Waals surface area contributed by atoms with Crippen LogP contribution in [0.4, 0.5) is 6.01 Å². The number of carbonyl (C=O) groups excluding carboxylic acids is 1. The Balaban J connectivity index is 1.46. The lowest BCUT2D eigenvalue weighted by molar-refractivity contribution is -0.116. The van der Waals surface area contributed by atoms with Crippen LogP contribution in [0.3, 0.4) is 0 Å². The number of rotatable bonds is 8. The fraction of sp³-hybridized carbons (Fsp3) is 0.211. The van der Waals surface area contributed by atoms with Crippen LogP contribution in [0.1, 0.15) is 12.8 Å². The standard InChI is InChI=1S/C19H17Cl2N3O3S/c1-26-13-5-7-14(8-6-13)28-10-2-3-17(25)22-19-24-23-18(27-19)15-11-12(20)4-9-16(15)21/h4-9,11H,2-3,10H2,1H3,(H,22,24,25). The van der Waals surface area contributed by atoms with Gasteiger partial charge in [0.15, 0.2) is 0 Å². The number of hydrogen-bond acceptors (Lipinski definition) is 6. The van der Waals surface area contributed by atoms with Gasteiger partial charge in [0, 0.05) is 16.3 Å². The third kappa shape index (κ3) is 5.64. The molecule has 0 saturated carbocycles. The average Bonchev–Trinajstić information content (AvgIpc) is 3.15. The summed E-state index contributed by atoms with van der Waals surface area (Å²) >= 11 is 13.8. The van der Waals surface area contributed by atoms with Crippen molar-refractivity contribution in [2.24, 2.45) is 0 Å². The smallest absolute Gasteiger partial charge is 0.322 e. The number of nitrogens with one attached hydrogen (secondary N) is 1. The van der Waals surface area contributed by atoms with Crippen molar-refractivity contribution in [1.82, 2.24) is 10.2 Å². The van der Waals surface area contributed by atoms with Gasteiger partial charge < -0.3 is 9.15 Å². The highest BCUT2D eigenvalue weighted by atomic mass is 35.5. The highest BCUT2D eigenvalue weighted by Gasteiger charge is 2.14. The monoisotopic (exact) mass is 437 g/mol. The molecule has 0 aliphatic rings. The summed E-state index contributed by atoms with van der Waals surface area (Å²) in [5.74, 6) is 1.63. The molecule has 0 spiro atoms. The molecule has 0 unspecified atom stereocenters. The second-order valence-corrected chi connectivity index (χ2v) is 7.72. The predicted octanol–water partition coefficient (Wildman–Crippen LogP) is 5.56. The minimum absolute atomic E-state index is 0.0267. The predicted molar refractivity (Wildman–Crippen MR) is 111 cm³/mol. The van der Waals surface area contributed by atoms with Crippen LogP contribution in [-0.4, -0.2) is 29.0 Å². The van der Waals surface area contributed by atoms with Crippen molar-refractivity contribution in [3.8, 4) is 17.2 Å². The fourth-order valence-electron chi connectivity index (χ4n) is 2.32. The molecule has 0 fully saturated rings. The van der Waals surface area contributed by atoms with E-state index in [1.807, 2.05) is 24.3 Å². The molecular formula is C19H17Cl2N3O3S. The van der Waals surface area contributed by atoms with Gasteiger partial charge in [-0.1, -0.05) is 28.3 Å². The highest BCUT2D eigenvalue weighted by molar-refractivity contribution is 7.99. The summed E-state index contributed by atoms with van der Waals surface area (Å²) < 4.78 is 10.6. The average molecular weight is 438 g/mol. The second-order valence-electron chi connectivity index (χ2n) is 5.71. The number of hydrogen-bond donors (Lipinski definition) is 1. The van der Waals surface area contributed by atoms with Crippen LogP contribution in [0.2, 0.25) is 10.0 Å². The molecule has 2 aromatic carbocycles. The van der Waals surface area contributed by atoms with Crippen molar-refractivity contribution < 1.29 is 13.9 Å². The van der Waals surface area contributed by atoms with E-state index < -0.39 is 0 Å². The molecule has 0 atom stereocenters. The van der Waals surface area contributed by atoms with Crippen molar-refractivity contribution in [2.45, 2.75) is 17.7 Å². The van der Waals surface area contributed by atoms with E-state index in [2.05, 4.69) is 15.5 Å². The molecule has 146 valence electrons. The van der Waals surface area contributed by atoms with Crippen molar-refractivity contribution in [2.75, 3.05) is 18.2 Å². The van der Waals surface area contributed by atoms with Gasteiger partial charge >= 0.3 is 6.01 Å². The van der Waals surface area contributed by atoms with Crippen LogP contribution >= 0.6 is 35.0 Å². The third-order valence-corrected chi connectivity index (χ3v) is 5.37. The lowest BCUT2D eigenvalue weighted by Crippen LogP contribution is -2.11. The maximum atomic E-state index is 12.1. The lowest BCUT2D eigenvalue weighted by Gasteiger charge is -2.03. The molecule has 0 radical (unpaired) electrons. The van der Waals surface area contributed by atoms with E-state index in [9.17, 15) is 4.79 Å². The minimum atomic E-state index is -0.192. The molecule has 0 bridgehead atoms. The number of carbonyl (C=O) groups is 1. The normalized spacial score (nSPS) is 10.7. The number of methoxy groups -OCH3 is 1. The largest absolute Gasteiger partial charge is 0.497 e. The first-order chi connectivity index (χ1) is 13.5. The van der Waals surface area contributed by atoms with Gasteiger partial charge in [-0.2, -0.15) is 0 Å². The third-order valence-electron chi connectivity index (χ3n) is 3.71. The Morgan fingerprint density at radius 1 is 1.18 bits per heavy atom. The minimum Gasteiger partial charge on any atom is -0.497 e. The van der Waals surface area contributed by atoms with Crippen LogP contribution in [0, 0.1) is 0 Å². The number of thioether (sulfide) groups is 1. The Hall–Kier alpha value is -2.22. The van der Waals surface area contributed by atoms with Gasteiger partial charge in [0.05, 0.1) is 17.7 Å². The zero-order valence-corrected chi connectivity index (χ0v) is 17.3. The van der Waals surface area contributed by atoms with Crippen LogP contribution in [0.15, 0.2) is 51.8 Å². The molecule has 1 aromatic heterocycles. The second kappa shape index (κ2) is 9.82. The molecule has 9 heteroatoms. The quantitative estimate of drug-likeness (QED) is 0.366. The summed E-state index contributed by atoms with van der Waals surface area (Å²) in [5, 5.41) is 11.3. The van der Waals surface area contributed by atoms with Gasteiger partial charge in [0.1, 0.15) is 5.75 Å². The van der Waals surface area contributed by atoms with Gasteiger partial charge in [-0.3, -0.25) is 10.1 Å². The molecule has 3 rings (SSSR count). The van der Waals surface area contributed by atoms with E-state index in [4.69, 9.17) is 32.4 Å². The van der Waals surface area contributed by atoms with Crippen molar-refractivity contribution >= 4 is 46.9 Å². The van der Waals surface area contributed by atoms with Gasteiger partial charge in [0.2, 0.25) is 5.91 Å². The summed E-state index contributed by atoms with van der Waals surface area (Å²) in [5.41, 5.74) is 0.512. The van der Waals surface area contributed by atoms with E-state index >= 15 is 0 Å². The SMILES string of the molecule is COc1ccc(SCCCC(=O)Nc2nnc(-c3cc(Cl)ccc3Cl)o2)cc1. The van der Waals surface area contributed by atoms with Gasteiger partial charge in [-0.25, -0.2) is 0 Å². The van der Waals surface area contributed by atoms with E-state index in [1.54, 1.807) is 37.1 Å². The number of benzene rings is 2. The molecule has 28 heavy (non-hydrogen) atoms. The number of anilines is 1. The van der Waals surface area contributed by atoms with Crippen LogP contribution < -0.4 is 10.1 Å². The summed E-state index contributed by atoms with van der Waals surface area (Å²) in [4.78, 5) is 13.2. The first-order valence-electron chi connectivity index (χ1n) is 8.41. The molecule has 0 saturated heterocycles. The summed E-state index contributed by atoms with van der Waals surface area (Å²) in [6, 6.07) is 12.8. The lowest BCUT2D eigenvalue weighted by atomic mass is 10.2. The van der Waals surface area contributed by atoms with Gasteiger partial charge in [-0.15, -0.1) is 16.9 Å². The van der Waals surface area contributed by atoms with Gasteiger partial charge in [-0.05, 0) is 54.6 Å². The first-order valence-corrected chi connectivity index (χ1v) is 10.1. The number of halogens is 2. The number of ether oxygens (including phenoxy) is 1. The van der Waals surface area contributed by atoms with E-state index in [1.165, 1.54) is 0 Å². The number of nitrogens with zero attached hydrogens (tertiary/aromatic N) is 2. The molecule has 0 aliphatic carbocycles. The topological polar surface area (TPSA) is 77.2 Å². The molecular weight excluding hydrogens is 421 g/mol. The highest BCUT2D eigenvalue weighted by Crippen LogP contribution is 2.30. The molecule has 1 amide bonds. The summed E-state index contributed by atoms with van der Waals surface area (Å²) in [6.07, 6.45) is 1.06. The maximum Gasteiger partial charge on any atom is 0.322 e. The Kier molecular flexibility index (Phi) is 7.19. The summed E-state index contributed by atoms with van der Waals surface area (Å²) in [6.45, 7) is 0. The van der Waals surface area contributed by atoms with E-state index in [0.717, 1.165) is 16.4 Å².